The van der Waals surface area contributed by atoms with Crippen LogP contribution in [0.3, 0.4) is 0 Å². The average Bonchev–Trinajstić information content (AvgIpc) is 3.16. The molecule has 2 aromatic heterocycles. The summed E-state index contributed by atoms with van der Waals surface area (Å²) in [6.07, 6.45) is 5.72. The minimum atomic E-state index is -3.65. The van der Waals surface area contributed by atoms with Crippen LogP contribution in [0.5, 0.6) is 0 Å². The van der Waals surface area contributed by atoms with Crippen molar-refractivity contribution >= 4 is 27.3 Å². The number of nitrogens with one attached hydrogen (secondary N) is 2. The third-order valence-corrected chi connectivity index (χ3v) is 5.72. The van der Waals surface area contributed by atoms with Crippen molar-refractivity contribution < 1.29 is 13.2 Å². The first kappa shape index (κ1) is 16.7. The molecule has 1 atom stereocenters. The average molecular weight is 342 g/mol. The summed E-state index contributed by atoms with van der Waals surface area (Å²) in [6.45, 7) is 2.41. The first-order valence-electron chi connectivity index (χ1n) is 6.75. The highest BCUT2D eigenvalue weighted by Gasteiger charge is 2.22. The zero-order valence-electron chi connectivity index (χ0n) is 12.3. The lowest BCUT2D eigenvalue weighted by Gasteiger charge is -2.17. The molecule has 0 radical (unpaired) electrons. The summed E-state index contributed by atoms with van der Waals surface area (Å²) in [7, 11) is -2.14. The molecule has 0 fully saturated rings. The number of imidazole rings is 1. The Labute approximate surface area is 133 Å². The van der Waals surface area contributed by atoms with Crippen LogP contribution in [0.15, 0.2) is 35.1 Å². The van der Waals surface area contributed by atoms with E-state index in [4.69, 9.17) is 0 Å². The smallest absolute Gasteiger partial charge is 0.261 e. The van der Waals surface area contributed by atoms with Gasteiger partial charge in [0.2, 0.25) is 10.0 Å². The van der Waals surface area contributed by atoms with E-state index >= 15 is 0 Å². The van der Waals surface area contributed by atoms with E-state index in [1.807, 2.05) is 11.5 Å². The number of hydrogen-bond acceptors (Lipinski definition) is 5. The van der Waals surface area contributed by atoms with E-state index < -0.39 is 10.0 Å². The number of nitrogens with zero attached hydrogens (tertiary/aromatic N) is 2. The second-order valence-electron chi connectivity index (χ2n) is 4.71. The van der Waals surface area contributed by atoms with Gasteiger partial charge in [0.1, 0.15) is 0 Å². The van der Waals surface area contributed by atoms with Crippen molar-refractivity contribution in [1.82, 2.24) is 19.6 Å². The molecule has 1 amide bonds. The molecule has 0 aliphatic heterocycles. The van der Waals surface area contributed by atoms with Crippen LogP contribution in [0.1, 0.15) is 23.0 Å². The fraction of sp³-hybridized carbons (Fsp3) is 0.385. The van der Waals surface area contributed by atoms with Crippen LogP contribution in [0.4, 0.5) is 0 Å². The van der Waals surface area contributed by atoms with Crippen LogP contribution in [0.2, 0.25) is 0 Å². The van der Waals surface area contributed by atoms with Crippen LogP contribution in [0.25, 0.3) is 0 Å². The second-order valence-corrected chi connectivity index (χ2v) is 7.34. The van der Waals surface area contributed by atoms with Gasteiger partial charge >= 0.3 is 0 Å². The van der Waals surface area contributed by atoms with E-state index in [9.17, 15) is 13.2 Å². The molecule has 9 heteroatoms. The molecule has 0 aliphatic carbocycles. The number of thiophene rings is 1. The van der Waals surface area contributed by atoms with Crippen LogP contribution < -0.4 is 10.0 Å². The van der Waals surface area contributed by atoms with Gasteiger partial charge in [-0.15, -0.1) is 11.3 Å². The number of rotatable bonds is 7. The van der Waals surface area contributed by atoms with E-state index in [0.717, 1.165) is 11.3 Å². The summed E-state index contributed by atoms with van der Waals surface area (Å²) in [5.74, 6) is -0.295. The second kappa shape index (κ2) is 7.03. The molecule has 2 aromatic rings. The van der Waals surface area contributed by atoms with Crippen molar-refractivity contribution in [3.05, 3.63) is 35.0 Å². The van der Waals surface area contributed by atoms with Gasteiger partial charge in [0.15, 0.2) is 0 Å². The van der Waals surface area contributed by atoms with Gasteiger partial charge in [-0.3, -0.25) is 4.79 Å². The first-order chi connectivity index (χ1) is 10.5. The Balaban J connectivity index is 2.12. The monoisotopic (exact) mass is 342 g/mol. The summed E-state index contributed by atoms with van der Waals surface area (Å²) < 4.78 is 29.3. The predicted octanol–water partition coefficient (Wildman–Crippen LogP) is 1.06. The van der Waals surface area contributed by atoms with E-state index in [-0.39, 0.29) is 16.8 Å². The highest BCUT2D eigenvalue weighted by atomic mass is 32.2. The topological polar surface area (TPSA) is 93.1 Å². The van der Waals surface area contributed by atoms with Crippen LogP contribution in [0, 0.1) is 0 Å². The Morgan fingerprint density at radius 3 is 2.86 bits per heavy atom. The lowest BCUT2D eigenvalue weighted by molar-refractivity contribution is 0.0967. The minimum absolute atomic E-state index is 0.111. The fourth-order valence-corrected chi connectivity index (χ4v) is 4.42. The number of hydrogen-bond donors (Lipinski definition) is 2. The van der Waals surface area contributed by atoms with Crippen molar-refractivity contribution in [3.8, 4) is 0 Å². The molecule has 0 saturated carbocycles. The van der Waals surface area contributed by atoms with Crippen molar-refractivity contribution in [1.29, 1.82) is 0 Å². The molecule has 120 valence electrons. The first-order valence-corrected chi connectivity index (χ1v) is 9.11. The Hall–Kier alpha value is -1.71. The molecule has 2 heterocycles. The molecule has 0 spiro atoms. The Kier molecular flexibility index (Phi) is 5.33. The molecule has 0 unspecified atom stereocenters. The summed E-state index contributed by atoms with van der Waals surface area (Å²) in [4.78, 5) is 15.9. The molecule has 22 heavy (non-hydrogen) atoms. The van der Waals surface area contributed by atoms with Crippen molar-refractivity contribution in [2.24, 2.45) is 0 Å². The molecule has 0 bridgehead atoms. The highest BCUT2D eigenvalue weighted by Crippen LogP contribution is 2.19. The number of carbonyl (C=O) groups is 1. The summed E-state index contributed by atoms with van der Waals surface area (Å²) in [5.41, 5.74) is 0. The quantitative estimate of drug-likeness (QED) is 0.787. The molecule has 7 nitrogen and oxygen atoms in total. The van der Waals surface area contributed by atoms with Gasteiger partial charge in [-0.2, -0.15) is 0 Å². The normalized spacial score (nSPS) is 13.0. The highest BCUT2D eigenvalue weighted by molar-refractivity contribution is 7.89. The predicted molar refractivity (Wildman–Crippen MR) is 84.3 cm³/mol. The maximum absolute atomic E-state index is 12.4. The number of amides is 1. The SMILES string of the molecule is CC[C@H](Cn1ccnc1)NS(=O)(=O)c1csc(C(=O)NC)c1. The number of carbonyl (C=O) groups excluding carboxylic acids is 1. The number of sulfonamides is 1. The van der Waals surface area contributed by atoms with E-state index in [0.29, 0.717) is 17.8 Å². The van der Waals surface area contributed by atoms with Gasteiger partial charge in [0.05, 0.1) is 16.1 Å². The number of aromatic nitrogens is 2. The summed E-state index contributed by atoms with van der Waals surface area (Å²) in [6, 6.07) is 1.14. The summed E-state index contributed by atoms with van der Waals surface area (Å²) in [5, 5.41) is 3.94. The van der Waals surface area contributed by atoms with Crippen molar-refractivity contribution in [3.63, 3.8) is 0 Å². The Morgan fingerprint density at radius 2 is 2.27 bits per heavy atom. The minimum Gasteiger partial charge on any atom is -0.354 e. The molecule has 2 N–H and O–H groups in total. The Morgan fingerprint density at radius 1 is 1.50 bits per heavy atom. The maximum atomic E-state index is 12.4. The van der Waals surface area contributed by atoms with Gasteiger partial charge in [0.25, 0.3) is 5.91 Å². The largest absolute Gasteiger partial charge is 0.354 e. The van der Waals surface area contributed by atoms with Crippen LogP contribution in [-0.2, 0) is 16.6 Å². The van der Waals surface area contributed by atoms with Gasteiger partial charge < -0.3 is 9.88 Å². The van der Waals surface area contributed by atoms with Crippen molar-refractivity contribution in [2.45, 2.75) is 30.8 Å². The van der Waals surface area contributed by atoms with Gasteiger partial charge in [0, 0.05) is 37.4 Å². The third-order valence-electron chi connectivity index (χ3n) is 3.14. The van der Waals surface area contributed by atoms with Crippen LogP contribution in [-0.4, -0.2) is 37.0 Å². The molecule has 0 aliphatic rings. The molecule has 0 aromatic carbocycles. The molecular weight excluding hydrogens is 324 g/mol. The zero-order chi connectivity index (χ0) is 16.2. The lowest BCUT2D eigenvalue weighted by atomic mass is 10.2. The summed E-state index contributed by atoms with van der Waals surface area (Å²) >= 11 is 1.10. The third kappa shape index (κ3) is 3.93. The zero-order valence-corrected chi connectivity index (χ0v) is 13.9. The lowest BCUT2D eigenvalue weighted by Crippen LogP contribution is -2.37. The standard InChI is InChI=1S/C13H18N4O3S2/c1-3-10(7-17-5-4-15-9-17)16-22(19,20)11-6-12(21-8-11)13(18)14-2/h4-6,8-10,16H,3,7H2,1-2H3,(H,14,18)/t10-/m1/s1. The van der Waals surface area contributed by atoms with E-state index in [2.05, 4.69) is 15.0 Å². The van der Waals surface area contributed by atoms with E-state index in [1.54, 1.807) is 18.7 Å². The maximum Gasteiger partial charge on any atom is 0.261 e. The van der Waals surface area contributed by atoms with Gasteiger partial charge in [-0.05, 0) is 12.5 Å². The molecule has 0 saturated heterocycles. The van der Waals surface area contributed by atoms with Gasteiger partial charge in [-0.1, -0.05) is 6.92 Å². The molecular formula is C13H18N4O3S2. The van der Waals surface area contributed by atoms with Gasteiger partial charge in [-0.25, -0.2) is 18.1 Å². The van der Waals surface area contributed by atoms with Crippen LogP contribution >= 0.6 is 11.3 Å². The van der Waals surface area contributed by atoms with Crippen molar-refractivity contribution in [2.75, 3.05) is 7.05 Å². The van der Waals surface area contributed by atoms with E-state index in [1.165, 1.54) is 18.5 Å². The Bertz CT molecular complexity index is 722. The fourth-order valence-electron chi connectivity index (χ4n) is 1.89. The molecule has 2 rings (SSSR count).